The number of hydrogen-bond donors (Lipinski definition) is 1. The first-order chi connectivity index (χ1) is 9.65. The maximum atomic E-state index is 12.4. The molecular formula is C16H24N2O2. The first-order valence-electron chi connectivity index (χ1n) is 7.36. The maximum absolute atomic E-state index is 12.4. The van der Waals surface area contributed by atoms with Crippen LogP contribution in [-0.2, 0) is 0 Å². The van der Waals surface area contributed by atoms with Crippen molar-refractivity contribution in [2.45, 2.75) is 26.3 Å². The Morgan fingerprint density at radius 3 is 2.55 bits per heavy atom. The van der Waals surface area contributed by atoms with Gasteiger partial charge in [-0.3, -0.25) is 9.69 Å². The molecule has 110 valence electrons. The lowest BCUT2D eigenvalue weighted by atomic mass is 10.1. The van der Waals surface area contributed by atoms with Crippen molar-refractivity contribution in [2.75, 3.05) is 32.8 Å². The van der Waals surface area contributed by atoms with Gasteiger partial charge in [0.05, 0.1) is 6.61 Å². The zero-order valence-electron chi connectivity index (χ0n) is 12.4. The quantitative estimate of drug-likeness (QED) is 0.907. The summed E-state index contributed by atoms with van der Waals surface area (Å²) in [4.78, 5) is 16.6. The van der Waals surface area contributed by atoms with E-state index in [1.807, 2.05) is 36.1 Å². The van der Waals surface area contributed by atoms with E-state index in [2.05, 4.69) is 11.8 Å². The van der Waals surface area contributed by atoms with Gasteiger partial charge in [-0.05, 0) is 25.5 Å². The summed E-state index contributed by atoms with van der Waals surface area (Å²) in [6.07, 6.45) is 0.947. The molecule has 1 unspecified atom stereocenters. The van der Waals surface area contributed by atoms with Crippen LogP contribution in [0.5, 0.6) is 0 Å². The standard InChI is InChI=1S/C16H24N2O2/c1-3-15(12-19)17-7-9-18(10-8-17)16(20)14-6-4-5-13(2)11-14/h4-6,11,15,19H,3,7-10,12H2,1-2H3. The fourth-order valence-electron chi connectivity index (χ4n) is 2.75. The molecular weight excluding hydrogens is 252 g/mol. The van der Waals surface area contributed by atoms with Gasteiger partial charge in [0.25, 0.3) is 5.91 Å². The Hall–Kier alpha value is -1.39. The fourth-order valence-corrected chi connectivity index (χ4v) is 2.75. The van der Waals surface area contributed by atoms with Crippen molar-refractivity contribution in [3.05, 3.63) is 35.4 Å². The molecule has 0 radical (unpaired) electrons. The van der Waals surface area contributed by atoms with Crippen LogP contribution >= 0.6 is 0 Å². The van der Waals surface area contributed by atoms with Crippen LogP contribution in [0.4, 0.5) is 0 Å². The Balaban J connectivity index is 1.95. The van der Waals surface area contributed by atoms with Gasteiger partial charge in [-0.1, -0.05) is 24.6 Å². The average molecular weight is 276 g/mol. The summed E-state index contributed by atoms with van der Waals surface area (Å²) in [5, 5.41) is 9.34. The molecule has 1 aromatic rings. The SMILES string of the molecule is CCC(CO)N1CCN(C(=O)c2cccc(C)c2)CC1. The van der Waals surface area contributed by atoms with Gasteiger partial charge < -0.3 is 10.0 Å². The second-order valence-corrected chi connectivity index (χ2v) is 5.44. The Morgan fingerprint density at radius 2 is 2.00 bits per heavy atom. The minimum Gasteiger partial charge on any atom is -0.395 e. The lowest BCUT2D eigenvalue weighted by Gasteiger charge is -2.38. The van der Waals surface area contributed by atoms with Crippen LogP contribution in [-0.4, -0.2) is 59.6 Å². The third kappa shape index (κ3) is 3.38. The predicted octanol–water partition coefficient (Wildman–Crippen LogP) is 1.52. The molecule has 0 saturated carbocycles. The van der Waals surface area contributed by atoms with E-state index in [-0.39, 0.29) is 18.6 Å². The zero-order valence-corrected chi connectivity index (χ0v) is 12.4. The van der Waals surface area contributed by atoms with E-state index in [4.69, 9.17) is 0 Å². The number of carbonyl (C=O) groups excluding carboxylic acids is 1. The molecule has 1 aromatic carbocycles. The Labute approximate surface area is 121 Å². The molecule has 1 aliphatic heterocycles. The summed E-state index contributed by atoms with van der Waals surface area (Å²) < 4.78 is 0. The van der Waals surface area contributed by atoms with E-state index in [1.165, 1.54) is 0 Å². The highest BCUT2D eigenvalue weighted by Gasteiger charge is 2.25. The van der Waals surface area contributed by atoms with E-state index < -0.39 is 0 Å². The molecule has 1 atom stereocenters. The van der Waals surface area contributed by atoms with Crippen molar-refractivity contribution in [3.8, 4) is 0 Å². The summed E-state index contributed by atoms with van der Waals surface area (Å²) in [7, 11) is 0. The Bertz CT molecular complexity index is 450. The predicted molar refractivity (Wildman–Crippen MR) is 79.8 cm³/mol. The smallest absolute Gasteiger partial charge is 0.253 e. The largest absolute Gasteiger partial charge is 0.395 e. The first-order valence-corrected chi connectivity index (χ1v) is 7.36. The van der Waals surface area contributed by atoms with E-state index in [0.29, 0.717) is 0 Å². The van der Waals surface area contributed by atoms with Gasteiger partial charge >= 0.3 is 0 Å². The van der Waals surface area contributed by atoms with Gasteiger partial charge in [-0.2, -0.15) is 0 Å². The van der Waals surface area contributed by atoms with Crippen molar-refractivity contribution in [1.29, 1.82) is 0 Å². The van der Waals surface area contributed by atoms with Crippen LogP contribution < -0.4 is 0 Å². The fraction of sp³-hybridized carbons (Fsp3) is 0.562. The molecule has 0 spiro atoms. The highest BCUT2D eigenvalue weighted by Crippen LogP contribution is 2.13. The molecule has 1 saturated heterocycles. The summed E-state index contributed by atoms with van der Waals surface area (Å²) >= 11 is 0. The van der Waals surface area contributed by atoms with Crippen LogP contribution in [0.3, 0.4) is 0 Å². The van der Waals surface area contributed by atoms with Gasteiger partial charge in [0.15, 0.2) is 0 Å². The topological polar surface area (TPSA) is 43.8 Å². The Kier molecular flexibility index (Phi) is 5.15. The van der Waals surface area contributed by atoms with Crippen LogP contribution in [0.25, 0.3) is 0 Å². The number of amides is 1. The molecule has 0 bridgehead atoms. The van der Waals surface area contributed by atoms with Gasteiger partial charge in [-0.15, -0.1) is 0 Å². The van der Waals surface area contributed by atoms with Crippen molar-refractivity contribution in [1.82, 2.24) is 9.80 Å². The molecule has 20 heavy (non-hydrogen) atoms. The van der Waals surface area contributed by atoms with Crippen LogP contribution in [0, 0.1) is 6.92 Å². The highest BCUT2D eigenvalue weighted by molar-refractivity contribution is 5.94. The third-order valence-corrected chi connectivity index (χ3v) is 4.06. The molecule has 1 amide bonds. The second-order valence-electron chi connectivity index (χ2n) is 5.44. The van der Waals surface area contributed by atoms with E-state index in [9.17, 15) is 9.90 Å². The lowest BCUT2D eigenvalue weighted by Crippen LogP contribution is -2.52. The first kappa shape index (κ1) is 15.0. The lowest BCUT2D eigenvalue weighted by molar-refractivity contribution is 0.0472. The van der Waals surface area contributed by atoms with E-state index in [0.717, 1.165) is 43.7 Å². The minimum absolute atomic E-state index is 0.116. The normalized spacial score (nSPS) is 18.1. The molecule has 1 aliphatic rings. The number of carbonyl (C=O) groups is 1. The summed E-state index contributed by atoms with van der Waals surface area (Å²) in [6, 6.07) is 7.98. The van der Waals surface area contributed by atoms with Crippen LogP contribution in [0.15, 0.2) is 24.3 Å². The van der Waals surface area contributed by atoms with Crippen LogP contribution in [0.2, 0.25) is 0 Å². The number of nitrogens with zero attached hydrogens (tertiary/aromatic N) is 2. The van der Waals surface area contributed by atoms with Crippen molar-refractivity contribution >= 4 is 5.91 Å². The molecule has 1 N–H and O–H groups in total. The average Bonchev–Trinajstić information content (AvgIpc) is 2.48. The summed E-state index contributed by atoms with van der Waals surface area (Å²) in [6.45, 7) is 7.45. The van der Waals surface area contributed by atoms with E-state index in [1.54, 1.807) is 0 Å². The van der Waals surface area contributed by atoms with E-state index >= 15 is 0 Å². The summed E-state index contributed by atoms with van der Waals surface area (Å²) in [5.41, 5.74) is 1.88. The number of benzene rings is 1. The van der Waals surface area contributed by atoms with Gasteiger partial charge in [0.2, 0.25) is 0 Å². The molecule has 4 nitrogen and oxygen atoms in total. The molecule has 4 heteroatoms. The Morgan fingerprint density at radius 1 is 1.30 bits per heavy atom. The zero-order chi connectivity index (χ0) is 14.5. The number of rotatable bonds is 4. The third-order valence-electron chi connectivity index (χ3n) is 4.06. The second kappa shape index (κ2) is 6.86. The van der Waals surface area contributed by atoms with Gasteiger partial charge in [0.1, 0.15) is 0 Å². The molecule has 0 aromatic heterocycles. The van der Waals surface area contributed by atoms with Gasteiger partial charge in [0, 0.05) is 37.8 Å². The van der Waals surface area contributed by atoms with Gasteiger partial charge in [-0.25, -0.2) is 0 Å². The molecule has 0 aliphatic carbocycles. The number of hydrogen-bond acceptors (Lipinski definition) is 3. The van der Waals surface area contributed by atoms with Crippen molar-refractivity contribution < 1.29 is 9.90 Å². The molecule has 1 fully saturated rings. The van der Waals surface area contributed by atoms with Crippen molar-refractivity contribution in [3.63, 3.8) is 0 Å². The maximum Gasteiger partial charge on any atom is 0.253 e. The molecule has 2 rings (SSSR count). The number of piperazine rings is 1. The number of aliphatic hydroxyl groups excluding tert-OH is 1. The minimum atomic E-state index is 0.116. The van der Waals surface area contributed by atoms with Crippen LogP contribution in [0.1, 0.15) is 29.3 Å². The number of aryl methyl sites for hydroxylation is 1. The van der Waals surface area contributed by atoms with Crippen molar-refractivity contribution in [2.24, 2.45) is 0 Å². The highest BCUT2D eigenvalue weighted by atomic mass is 16.3. The number of aliphatic hydroxyl groups is 1. The molecule has 1 heterocycles. The summed E-state index contributed by atoms with van der Waals surface area (Å²) in [5.74, 6) is 0.116. The monoisotopic (exact) mass is 276 g/mol.